The predicted octanol–water partition coefficient (Wildman–Crippen LogP) is 3.86. The lowest BCUT2D eigenvalue weighted by Crippen LogP contribution is -2.16. The normalized spacial score (nSPS) is 12.7. The quantitative estimate of drug-likeness (QED) is 0.583. The SMILES string of the molecule is FC(F)(F)c1cc(OC(Cl)(Cl)Cl)nc(Cl)n1. The van der Waals surface area contributed by atoms with Gasteiger partial charge in [-0.1, -0.05) is 0 Å². The zero-order chi connectivity index (χ0) is 12.6. The maximum Gasteiger partial charge on any atom is 0.433 e. The van der Waals surface area contributed by atoms with Crippen molar-refractivity contribution in [3.8, 4) is 5.88 Å². The molecule has 0 aliphatic rings. The predicted molar refractivity (Wildman–Crippen MR) is 53.0 cm³/mol. The molecule has 0 saturated carbocycles. The average Bonchev–Trinajstić information content (AvgIpc) is 1.97. The highest BCUT2D eigenvalue weighted by Gasteiger charge is 2.34. The molecule has 0 spiro atoms. The van der Waals surface area contributed by atoms with Crippen LogP contribution in [0.3, 0.4) is 0 Å². The topological polar surface area (TPSA) is 35.0 Å². The van der Waals surface area contributed by atoms with Crippen molar-refractivity contribution in [2.24, 2.45) is 0 Å². The highest BCUT2D eigenvalue weighted by atomic mass is 35.6. The second-order valence-electron chi connectivity index (χ2n) is 2.41. The number of hydrogen-bond acceptors (Lipinski definition) is 3. The van der Waals surface area contributed by atoms with Crippen molar-refractivity contribution in [2.75, 3.05) is 0 Å². The molecule has 0 radical (unpaired) electrons. The van der Waals surface area contributed by atoms with Crippen LogP contribution in [0, 0.1) is 0 Å². The lowest BCUT2D eigenvalue weighted by atomic mass is 10.4. The van der Waals surface area contributed by atoms with Gasteiger partial charge in [0, 0.05) is 6.07 Å². The first kappa shape index (κ1) is 13.9. The van der Waals surface area contributed by atoms with E-state index in [4.69, 9.17) is 46.4 Å². The molecule has 0 aliphatic heterocycles. The van der Waals surface area contributed by atoms with Gasteiger partial charge in [0.05, 0.1) is 0 Å². The molecule has 1 heterocycles. The van der Waals surface area contributed by atoms with Crippen LogP contribution in [0.5, 0.6) is 5.88 Å². The van der Waals surface area contributed by atoms with Crippen LogP contribution in [0.4, 0.5) is 13.2 Å². The summed E-state index contributed by atoms with van der Waals surface area (Å²) in [5.74, 6) is -0.590. The van der Waals surface area contributed by atoms with Crippen LogP contribution < -0.4 is 4.74 Å². The van der Waals surface area contributed by atoms with Gasteiger partial charge in [-0.05, 0) is 46.4 Å². The molecule has 3 nitrogen and oxygen atoms in total. The fourth-order valence-corrected chi connectivity index (χ4v) is 1.12. The Kier molecular flexibility index (Phi) is 3.99. The largest absolute Gasteiger partial charge is 0.433 e. The standard InChI is InChI=1S/C6HCl4F3N2O/c7-4-14-2(5(11,12)13)1-3(15-4)16-6(8,9)10/h1H. The van der Waals surface area contributed by atoms with E-state index in [9.17, 15) is 13.2 Å². The summed E-state index contributed by atoms with van der Waals surface area (Å²) in [5, 5.41) is -0.668. The maximum atomic E-state index is 12.3. The average molecular weight is 316 g/mol. The third-order valence-electron chi connectivity index (χ3n) is 1.19. The van der Waals surface area contributed by atoms with Crippen LogP contribution in [0.25, 0.3) is 0 Å². The van der Waals surface area contributed by atoms with E-state index >= 15 is 0 Å². The molecule has 0 aromatic carbocycles. The molecule has 0 bridgehead atoms. The van der Waals surface area contributed by atoms with Gasteiger partial charge < -0.3 is 4.74 Å². The van der Waals surface area contributed by atoms with Crippen molar-refractivity contribution in [1.82, 2.24) is 9.97 Å². The fourth-order valence-electron chi connectivity index (χ4n) is 0.713. The van der Waals surface area contributed by atoms with E-state index in [2.05, 4.69) is 14.7 Å². The zero-order valence-corrected chi connectivity index (χ0v) is 10.0. The molecule has 16 heavy (non-hydrogen) atoms. The highest BCUT2D eigenvalue weighted by Crippen LogP contribution is 2.33. The number of alkyl halides is 6. The molecule has 0 N–H and O–H groups in total. The lowest BCUT2D eigenvalue weighted by Gasteiger charge is -2.14. The number of rotatable bonds is 1. The van der Waals surface area contributed by atoms with E-state index < -0.39 is 27.0 Å². The first-order chi connectivity index (χ1) is 7.08. The summed E-state index contributed by atoms with van der Waals surface area (Å²) < 4.78 is 39.1. The second-order valence-corrected chi connectivity index (χ2v) is 4.92. The van der Waals surface area contributed by atoms with Gasteiger partial charge in [-0.3, -0.25) is 0 Å². The van der Waals surface area contributed by atoms with Crippen LogP contribution in [0.15, 0.2) is 6.07 Å². The highest BCUT2D eigenvalue weighted by molar-refractivity contribution is 6.66. The Morgan fingerprint density at radius 2 is 1.69 bits per heavy atom. The number of nitrogens with zero attached hydrogens (tertiary/aromatic N) is 2. The van der Waals surface area contributed by atoms with Gasteiger partial charge in [0.2, 0.25) is 11.2 Å². The molecule has 1 aromatic rings. The molecule has 0 fully saturated rings. The van der Waals surface area contributed by atoms with Crippen molar-refractivity contribution in [1.29, 1.82) is 0 Å². The minimum atomic E-state index is -4.70. The third-order valence-corrected chi connectivity index (χ3v) is 1.59. The van der Waals surface area contributed by atoms with E-state index in [1.807, 2.05) is 0 Å². The van der Waals surface area contributed by atoms with Gasteiger partial charge in [0.25, 0.3) is 0 Å². The Morgan fingerprint density at radius 1 is 1.12 bits per heavy atom. The maximum absolute atomic E-state index is 12.3. The van der Waals surface area contributed by atoms with Crippen molar-refractivity contribution in [3.63, 3.8) is 0 Å². The van der Waals surface area contributed by atoms with Crippen LogP contribution in [0.1, 0.15) is 5.69 Å². The summed E-state index contributed by atoms with van der Waals surface area (Å²) in [6.45, 7) is 0. The van der Waals surface area contributed by atoms with Crippen molar-refractivity contribution in [2.45, 2.75) is 10.2 Å². The Morgan fingerprint density at radius 3 is 2.12 bits per heavy atom. The molecule has 90 valence electrons. The van der Waals surface area contributed by atoms with E-state index in [0.717, 1.165) is 0 Å². The summed E-state index contributed by atoms with van der Waals surface area (Å²) in [6, 6.07) is 0.466. The van der Waals surface area contributed by atoms with Gasteiger partial charge in [0.1, 0.15) is 0 Å². The monoisotopic (exact) mass is 314 g/mol. The minimum absolute atomic E-state index is 0.466. The Labute approximate surface area is 107 Å². The molecule has 10 heteroatoms. The molecule has 1 rings (SSSR count). The van der Waals surface area contributed by atoms with Gasteiger partial charge in [-0.15, -0.1) is 0 Å². The first-order valence-electron chi connectivity index (χ1n) is 3.45. The Balaban J connectivity index is 3.09. The van der Waals surface area contributed by atoms with Gasteiger partial charge in [-0.2, -0.15) is 18.2 Å². The van der Waals surface area contributed by atoms with Crippen LogP contribution in [-0.4, -0.2) is 13.9 Å². The summed E-state index contributed by atoms with van der Waals surface area (Å²) in [6.07, 6.45) is -4.70. The molecule has 0 atom stereocenters. The van der Waals surface area contributed by atoms with Crippen molar-refractivity contribution >= 4 is 46.4 Å². The molecular weight excluding hydrogens is 315 g/mol. The summed E-state index contributed by atoms with van der Waals surface area (Å²) >= 11 is 20.9. The molecular formula is C6HCl4F3N2O. The minimum Gasteiger partial charge on any atom is -0.428 e. The van der Waals surface area contributed by atoms with E-state index in [1.165, 1.54) is 0 Å². The van der Waals surface area contributed by atoms with Crippen LogP contribution >= 0.6 is 46.4 Å². The number of ether oxygens (including phenoxy) is 1. The Bertz CT molecular complexity index is 392. The molecule has 0 saturated heterocycles. The van der Waals surface area contributed by atoms with Crippen LogP contribution in [0.2, 0.25) is 5.28 Å². The first-order valence-corrected chi connectivity index (χ1v) is 4.96. The second kappa shape index (κ2) is 4.60. The lowest BCUT2D eigenvalue weighted by molar-refractivity contribution is -0.141. The van der Waals surface area contributed by atoms with E-state index in [-0.39, 0.29) is 0 Å². The zero-order valence-electron chi connectivity index (χ0n) is 7.03. The van der Waals surface area contributed by atoms with Gasteiger partial charge in [0.15, 0.2) is 5.69 Å². The van der Waals surface area contributed by atoms with E-state index in [1.54, 1.807) is 0 Å². The molecule has 0 amide bonds. The smallest absolute Gasteiger partial charge is 0.428 e. The number of aromatic nitrogens is 2. The summed E-state index contributed by atoms with van der Waals surface area (Å²) in [7, 11) is 0. The van der Waals surface area contributed by atoms with E-state index in [0.29, 0.717) is 6.07 Å². The summed E-state index contributed by atoms with van der Waals surface area (Å²) in [4.78, 5) is 6.27. The molecule has 0 unspecified atom stereocenters. The van der Waals surface area contributed by atoms with Gasteiger partial charge >= 0.3 is 10.2 Å². The van der Waals surface area contributed by atoms with Crippen molar-refractivity contribution in [3.05, 3.63) is 17.0 Å². The summed E-state index contributed by atoms with van der Waals surface area (Å²) in [5.41, 5.74) is -1.29. The van der Waals surface area contributed by atoms with Crippen molar-refractivity contribution < 1.29 is 17.9 Å². The van der Waals surface area contributed by atoms with Gasteiger partial charge in [-0.25, -0.2) is 4.98 Å². The number of halogens is 7. The van der Waals surface area contributed by atoms with Crippen LogP contribution in [-0.2, 0) is 6.18 Å². The molecule has 1 aromatic heterocycles. The Hall–Kier alpha value is -0.170. The fraction of sp³-hybridized carbons (Fsp3) is 0.333. The number of hydrogen-bond donors (Lipinski definition) is 0. The molecule has 0 aliphatic carbocycles. The third kappa shape index (κ3) is 4.37.